The predicted molar refractivity (Wildman–Crippen MR) is 90.7 cm³/mol. The van der Waals surface area contributed by atoms with Crippen molar-refractivity contribution >= 4 is 22.8 Å². The SMILES string of the molecule is O=C(N[C@H](Cc1ccccc1F)C(=O)O)c1ccc2ccccc2n1. The number of carboxylic acid groups (broad SMARTS) is 1. The van der Waals surface area contributed by atoms with E-state index in [1.807, 2.05) is 12.1 Å². The van der Waals surface area contributed by atoms with Crippen molar-refractivity contribution in [3.05, 3.63) is 77.7 Å². The van der Waals surface area contributed by atoms with Crippen LogP contribution in [0, 0.1) is 5.82 Å². The second kappa shape index (κ2) is 7.09. The van der Waals surface area contributed by atoms with Gasteiger partial charge >= 0.3 is 5.97 Å². The fourth-order valence-corrected chi connectivity index (χ4v) is 2.51. The molecular weight excluding hydrogens is 323 g/mol. The lowest BCUT2D eigenvalue weighted by molar-refractivity contribution is -0.139. The Balaban J connectivity index is 1.80. The molecule has 3 aromatic rings. The van der Waals surface area contributed by atoms with Crippen LogP contribution in [0.1, 0.15) is 16.1 Å². The number of pyridine rings is 1. The summed E-state index contributed by atoms with van der Waals surface area (Å²) in [6.45, 7) is 0. The summed E-state index contributed by atoms with van der Waals surface area (Å²) < 4.78 is 13.7. The zero-order chi connectivity index (χ0) is 17.8. The van der Waals surface area contributed by atoms with Crippen LogP contribution >= 0.6 is 0 Å². The highest BCUT2D eigenvalue weighted by atomic mass is 19.1. The molecule has 3 rings (SSSR count). The zero-order valence-corrected chi connectivity index (χ0v) is 13.1. The molecule has 5 nitrogen and oxygen atoms in total. The van der Waals surface area contributed by atoms with Gasteiger partial charge in [0.25, 0.3) is 5.91 Å². The molecule has 0 radical (unpaired) electrons. The number of aliphatic carboxylic acids is 1. The van der Waals surface area contributed by atoms with E-state index < -0.39 is 23.7 Å². The maximum absolute atomic E-state index is 13.7. The van der Waals surface area contributed by atoms with E-state index in [4.69, 9.17) is 0 Å². The Kier molecular flexibility index (Phi) is 4.70. The third kappa shape index (κ3) is 3.80. The Hall–Kier alpha value is -3.28. The highest BCUT2D eigenvalue weighted by Crippen LogP contribution is 2.13. The minimum Gasteiger partial charge on any atom is -0.480 e. The first kappa shape index (κ1) is 16.6. The Morgan fingerprint density at radius 2 is 1.76 bits per heavy atom. The molecule has 0 aliphatic rings. The molecular formula is C19H15FN2O3. The number of hydrogen-bond donors (Lipinski definition) is 2. The number of carbonyl (C=O) groups excluding carboxylic acids is 1. The molecule has 2 N–H and O–H groups in total. The molecule has 0 spiro atoms. The highest BCUT2D eigenvalue weighted by molar-refractivity contribution is 5.97. The van der Waals surface area contributed by atoms with Crippen LogP contribution in [0.2, 0.25) is 0 Å². The lowest BCUT2D eigenvalue weighted by Gasteiger charge is -2.15. The number of hydrogen-bond acceptors (Lipinski definition) is 3. The van der Waals surface area contributed by atoms with Crippen LogP contribution in [0.4, 0.5) is 4.39 Å². The minimum atomic E-state index is -1.25. The summed E-state index contributed by atoms with van der Waals surface area (Å²) in [5, 5.41) is 12.6. The van der Waals surface area contributed by atoms with Gasteiger partial charge < -0.3 is 10.4 Å². The van der Waals surface area contributed by atoms with Crippen molar-refractivity contribution in [3.63, 3.8) is 0 Å². The first-order valence-electron chi connectivity index (χ1n) is 7.67. The summed E-state index contributed by atoms with van der Waals surface area (Å²) in [6.07, 6.45) is -0.151. The molecule has 0 fully saturated rings. The van der Waals surface area contributed by atoms with E-state index >= 15 is 0 Å². The number of nitrogens with one attached hydrogen (secondary N) is 1. The number of para-hydroxylation sites is 1. The average molecular weight is 338 g/mol. The van der Waals surface area contributed by atoms with Crippen molar-refractivity contribution in [1.29, 1.82) is 0 Å². The number of amides is 1. The Labute approximate surface area is 143 Å². The Morgan fingerprint density at radius 3 is 2.52 bits per heavy atom. The summed E-state index contributed by atoms with van der Waals surface area (Å²) in [7, 11) is 0. The molecule has 1 heterocycles. The molecule has 0 saturated carbocycles. The maximum Gasteiger partial charge on any atom is 0.326 e. The second-order valence-electron chi connectivity index (χ2n) is 5.55. The predicted octanol–water partition coefficient (Wildman–Crippen LogP) is 2.80. The summed E-state index contributed by atoms with van der Waals surface area (Å²) in [5.41, 5.74) is 0.969. The van der Waals surface area contributed by atoms with E-state index in [1.54, 1.807) is 24.3 Å². The maximum atomic E-state index is 13.7. The molecule has 0 aliphatic carbocycles. The van der Waals surface area contributed by atoms with E-state index in [2.05, 4.69) is 10.3 Å². The van der Waals surface area contributed by atoms with Crippen molar-refractivity contribution in [2.45, 2.75) is 12.5 Å². The van der Waals surface area contributed by atoms with Gasteiger partial charge in [-0.15, -0.1) is 0 Å². The van der Waals surface area contributed by atoms with Gasteiger partial charge in [-0.05, 0) is 23.8 Å². The van der Waals surface area contributed by atoms with Crippen molar-refractivity contribution in [2.24, 2.45) is 0 Å². The quantitative estimate of drug-likeness (QED) is 0.750. The normalized spacial score (nSPS) is 11.9. The number of fused-ring (bicyclic) bond motifs is 1. The van der Waals surface area contributed by atoms with Gasteiger partial charge in [0.1, 0.15) is 17.6 Å². The molecule has 25 heavy (non-hydrogen) atoms. The number of benzene rings is 2. The highest BCUT2D eigenvalue weighted by Gasteiger charge is 2.23. The standard InChI is InChI=1S/C19H15FN2O3/c20-14-7-3-1-6-13(14)11-17(19(24)25)22-18(23)16-10-9-12-5-2-4-8-15(12)21-16/h1-10,17H,11H2,(H,22,23)(H,24,25)/t17-/m1/s1. The molecule has 1 amide bonds. The smallest absolute Gasteiger partial charge is 0.326 e. The summed E-state index contributed by atoms with van der Waals surface area (Å²) in [5.74, 6) is -2.36. The van der Waals surface area contributed by atoms with Crippen molar-refractivity contribution < 1.29 is 19.1 Å². The van der Waals surface area contributed by atoms with Crippen molar-refractivity contribution in [3.8, 4) is 0 Å². The number of carbonyl (C=O) groups is 2. The van der Waals surface area contributed by atoms with Crippen LogP contribution in [0.5, 0.6) is 0 Å². The van der Waals surface area contributed by atoms with E-state index in [1.165, 1.54) is 24.3 Å². The van der Waals surface area contributed by atoms with Crippen LogP contribution in [0.3, 0.4) is 0 Å². The first-order valence-corrected chi connectivity index (χ1v) is 7.67. The zero-order valence-electron chi connectivity index (χ0n) is 13.1. The van der Waals surface area contributed by atoms with Crippen LogP contribution in [0.15, 0.2) is 60.7 Å². The number of carboxylic acids is 1. The van der Waals surface area contributed by atoms with Gasteiger partial charge in [0, 0.05) is 11.8 Å². The van der Waals surface area contributed by atoms with E-state index in [0.29, 0.717) is 5.52 Å². The Morgan fingerprint density at radius 1 is 1.04 bits per heavy atom. The molecule has 6 heteroatoms. The van der Waals surface area contributed by atoms with Gasteiger partial charge in [0.05, 0.1) is 5.52 Å². The summed E-state index contributed by atoms with van der Waals surface area (Å²) >= 11 is 0. The van der Waals surface area contributed by atoms with Crippen LogP contribution in [0.25, 0.3) is 10.9 Å². The molecule has 2 aromatic carbocycles. The number of nitrogens with zero attached hydrogens (tertiary/aromatic N) is 1. The molecule has 0 unspecified atom stereocenters. The van der Waals surface area contributed by atoms with Gasteiger partial charge in [0.15, 0.2) is 0 Å². The van der Waals surface area contributed by atoms with E-state index in [9.17, 15) is 19.1 Å². The molecule has 1 aromatic heterocycles. The summed E-state index contributed by atoms with van der Waals surface area (Å²) in [6, 6.07) is 15.2. The molecule has 126 valence electrons. The van der Waals surface area contributed by atoms with Crippen molar-refractivity contribution in [1.82, 2.24) is 10.3 Å². The third-order valence-corrected chi connectivity index (χ3v) is 3.82. The van der Waals surface area contributed by atoms with Gasteiger partial charge in [-0.2, -0.15) is 0 Å². The van der Waals surface area contributed by atoms with E-state index in [-0.39, 0.29) is 17.7 Å². The lowest BCUT2D eigenvalue weighted by atomic mass is 10.1. The molecule has 0 aliphatic heterocycles. The van der Waals surface area contributed by atoms with Crippen molar-refractivity contribution in [2.75, 3.05) is 0 Å². The molecule has 0 saturated heterocycles. The minimum absolute atomic E-state index is 0.110. The average Bonchev–Trinajstić information content (AvgIpc) is 2.62. The summed E-state index contributed by atoms with van der Waals surface area (Å²) in [4.78, 5) is 28.0. The van der Waals surface area contributed by atoms with Crippen LogP contribution < -0.4 is 5.32 Å². The fourth-order valence-electron chi connectivity index (χ4n) is 2.51. The largest absolute Gasteiger partial charge is 0.480 e. The van der Waals surface area contributed by atoms with Gasteiger partial charge in [-0.1, -0.05) is 42.5 Å². The fraction of sp³-hybridized carbons (Fsp3) is 0.105. The molecule has 1 atom stereocenters. The number of halogens is 1. The van der Waals surface area contributed by atoms with Gasteiger partial charge in [0.2, 0.25) is 0 Å². The first-order chi connectivity index (χ1) is 12.0. The monoisotopic (exact) mass is 338 g/mol. The van der Waals surface area contributed by atoms with Crippen LogP contribution in [-0.4, -0.2) is 28.0 Å². The van der Waals surface area contributed by atoms with Gasteiger partial charge in [-0.25, -0.2) is 14.2 Å². The van der Waals surface area contributed by atoms with E-state index in [0.717, 1.165) is 5.39 Å². The third-order valence-electron chi connectivity index (χ3n) is 3.82. The van der Waals surface area contributed by atoms with Crippen LogP contribution in [-0.2, 0) is 11.2 Å². The topological polar surface area (TPSA) is 79.3 Å². The second-order valence-corrected chi connectivity index (χ2v) is 5.55. The van der Waals surface area contributed by atoms with Gasteiger partial charge in [-0.3, -0.25) is 4.79 Å². The molecule has 0 bridgehead atoms. The number of aromatic nitrogens is 1. The lowest BCUT2D eigenvalue weighted by Crippen LogP contribution is -2.42. The number of rotatable bonds is 5. The Bertz CT molecular complexity index is 943.